The van der Waals surface area contributed by atoms with Gasteiger partial charge in [0.25, 0.3) is 0 Å². The first-order valence-corrected chi connectivity index (χ1v) is 5.20. The highest BCUT2D eigenvalue weighted by molar-refractivity contribution is 6.30. The molecular weight excluding hydrogens is 224 g/mol. The zero-order chi connectivity index (χ0) is 11.8. The Morgan fingerprint density at radius 3 is 2.75 bits per heavy atom. The minimum absolute atomic E-state index is 0.250. The van der Waals surface area contributed by atoms with Crippen LogP contribution in [0.15, 0.2) is 29.4 Å². The molecule has 0 aliphatic carbocycles. The topological polar surface area (TPSA) is 47.6 Å². The molecular formula is C12H13ClN2O. The lowest BCUT2D eigenvalue weighted by Crippen LogP contribution is -2.09. The fraction of sp³-hybridized carbons (Fsp3) is 0.250. The van der Waals surface area contributed by atoms with Gasteiger partial charge in [-0.1, -0.05) is 28.6 Å². The van der Waals surface area contributed by atoms with Crippen molar-refractivity contribution in [2.75, 3.05) is 13.2 Å². The van der Waals surface area contributed by atoms with Crippen LogP contribution in [0, 0.1) is 11.8 Å². The standard InChI is InChI=1S/C12H13ClN2O/c1-10(9-14)15-16-8-2-3-11-4-6-12(13)7-5-11/h4-7H,8-9,14H2,1H3. The third-order valence-corrected chi connectivity index (χ3v) is 1.98. The molecule has 0 atom stereocenters. The number of nitrogens with zero attached hydrogens (tertiary/aromatic N) is 1. The first kappa shape index (κ1) is 12.6. The van der Waals surface area contributed by atoms with E-state index in [9.17, 15) is 0 Å². The summed E-state index contributed by atoms with van der Waals surface area (Å²) in [7, 11) is 0. The maximum Gasteiger partial charge on any atom is 0.177 e. The average molecular weight is 237 g/mol. The molecule has 1 rings (SSSR count). The second-order valence-corrected chi connectivity index (χ2v) is 3.55. The maximum atomic E-state index is 5.74. The molecule has 0 bridgehead atoms. The van der Waals surface area contributed by atoms with Gasteiger partial charge in [-0.3, -0.25) is 0 Å². The normalized spacial score (nSPS) is 10.6. The van der Waals surface area contributed by atoms with Crippen LogP contribution >= 0.6 is 11.6 Å². The van der Waals surface area contributed by atoms with Crippen molar-refractivity contribution in [1.29, 1.82) is 0 Å². The SMILES string of the molecule is CC(CN)=NOCC#Cc1ccc(Cl)cc1. The van der Waals surface area contributed by atoms with E-state index in [4.69, 9.17) is 22.2 Å². The average Bonchev–Trinajstić information content (AvgIpc) is 2.31. The van der Waals surface area contributed by atoms with Crippen LogP contribution in [0.2, 0.25) is 5.02 Å². The van der Waals surface area contributed by atoms with Gasteiger partial charge in [-0.15, -0.1) is 0 Å². The second-order valence-electron chi connectivity index (χ2n) is 3.11. The van der Waals surface area contributed by atoms with E-state index < -0.39 is 0 Å². The van der Waals surface area contributed by atoms with Crippen molar-refractivity contribution in [3.8, 4) is 11.8 Å². The monoisotopic (exact) mass is 236 g/mol. The largest absolute Gasteiger partial charge is 0.383 e. The van der Waals surface area contributed by atoms with Crippen LogP contribution in [0.25, 0.3) is 0 Å². The first-order chi connectivity index (χ1) is 7.72. The number of hydrogen-bond acceptors (Lipinski definition) is 3. The lowest BCUT2D eigenvalue weighted by molar-refractivity contribution is 0.179. The Morgan fingerprint density at radius 2 is 2.12 bits per heavy atom. The zero-order valence-corrected chi connectivity index (χ0v) is 9.79. The fourth-order valence-electron chi connectivity index (χ4n) is 0.883. The molecule has 0 fully saturated rings. The fourth-order valence-corrected chi connectivity index (χ4v) is 1.01. The smallest absolute Gasteiger partial charge is 0.177 e. The summed E-state index contributed by atoms with van der Waals surface area (Å²) in [6, 6.07) is 7.29. The number of hydrogen-bond donors (Lipinski definition) is 1. The number of rotatable bonds is 3. The minimum Gasteiger partial charge on any atom is -0.383 e. The van der Waals surface area contributed by atoms with Gasteiger partial charge in [0, 0.05) is 17.1 Å². The Kier molecular flexibility index (Phi) is 5.41. The van der Waals surface area contributed by atoms with Crippen LogP contribution in [0.1, 0.15) is 12.5 Å². The molecule has 0 heterocycles. The molecule has 0 amide bonds. The van der Waals surface area contributed by atoms with E-state index in [-0.39, 0.29) is 6.61 Å². The molecule has 0 unspecified atom stereocenters. The van der Waals surface area contributed by atoms with E-state index in [2.05, 4.69) is 17.0 Å². The highest BCUT2D eigenvalue weighted by atomic mass is 35.5. The van der Waals surface area contributed by atoms with Crippen LogP contribution in [0.5, 0.6) is 0 Å². The lowest BCUT2D eigenvalue weighted by atomic mass is 10.2. The molecule has 0 radical (unpaired) electrons. The molecule has 4 heteroatoms. The molecule has 16 heavy (non-hydrogen) atoms. The van der Waals surface area contributed by atoms with Gasteiger partial charge in [0.2, 0.25) is 0 Å². The minimum atomic E-state index is 0.250. The lowest BCUT2D eigenvalue weighted by Gasteiger charge is -1.94. The van der Waals surface area contributed by atoms with Gasteiger partial charge in [0.05, 0.1) is 5.71 Å². The molecule has 0 spiro atoms. The predicted octanol–water partition coefficient (Wildman–Crippen LogP) is 2.04. The van der Waals surface area contributed by atoms with E-state index in [1.807, 2.05) is 12.1 Å². The molecule has 0 aromatic heterocycles. The Morgan fingerprint density at radius 1 is 1.44 bits per heavy atom. The van der Waals surface area contributed by atoms with Gasteiger partial charge >= 0.3 is 0 Å². The molecule has 1 aromatic rings. The predicted molar refractivity (Wildman–Crippen MR) is 66.4 cm³/mol. The van der Waals surface area contributed by atoms with E-state index in [1.165, 1.54) is 0 Å². The number of nitrogens with two attached hydrogens (primary N) is 1. The molecule has 0 aliphatic heterocycles. The third-order valence-electron chi connectivity index (χ3n) is 1.73. The Balaban J connectivity index is 2.41. The molecule has 0 aliphatic rings. The summed E-state index contributed by atoms with van der Waals surface area (Å²) < 4.78 is 0. The summed E-state index contributed by atoms with van der Waals surface area (Å²) in [6.07, 6.45) is 0. The highest BCUT2D eigenvalue weighted by Crippen LogP contribution is 2.08. The van der Waals surface area contributed by atoms with Crippen molar-refractivity contribution >= 4 is 17.3 Å². The number of oxime groups is 1. The molecule has 2 N–H and O–H groups in total. The van der Waals surface area contributed by atoms with Gasteiger partial charge in [-0.05, 0) is 31.2 Å². The summed E-state index contributed by atoms with van der Waals surface area (Å²) in [5, 5.41) is 4.46. The van der Waals surface area contributed by atoms with Crippen LogP contribution in [-0.4, -0.2) is 18.9 Å². The van der Waals surface area contributed by atoms with Crippen molar-refractivity contribution < 1.29 is 4.84 Å². The Labute approximate surface area is 100 Å². The van der Waals surface area contributed by atoms with Crippen LogP contribution in [-0.2, 0) is 4.84 Å². The number of halogens is 1. The summed E-state index contributed by atoms with van der Waals surface area (Å²) in [4.78, 5) is 4.94. The van der Waals surface area contributed by atoms with Crippen LogP contribution in [0.3, 0.4) is 0 Å². The molecule has 0 saturated carbocycles. The van der Waals surface area contributed by atoms with E-state index in [0.29, 0.717) is 11.6 Å². The molecule has 84 valence electrons. The molecule has 3 nitrogen and oxygen atoms in total. The Hall–Kier alpha value is -1.50. The van der Waals surface area contributed by atoms with Gasteiger partial charge in [0.15, 0.2) is 6.61 Å². The third kappa shape index (κ3) is 4.83. The van der Waals surface area contributed by atoms with E-state index >= 15 is 0 Å². The second kappa shape index (κ2) is 6.89. The summed E-state index contributed by atoms with van der Waals surface area (Å²) >= 11 is 5.74. The van der Waals surface area contributed by atoms with Crippen molar-refractivity contribution in [2.45, 2.75) is 6.92 Å². The summed E-state index contributed by atoms with van der Waals surface area (Å²) in [5.41, 5.74) is 6.97. The summed E-state index contributed by atoms with van der Waals surface area (Å²) in [5.74, 6) is 5.77. The van der Waals surface area contributed by atoms with Crippen molar-refractivity contribution in [2.24, 2.45) is 10.9 Å². The molecule has 1 aromatic carbocycles. The maximum absolute atomic E-state index is 5.74. The van der Waals surface area contributed by atoms with Crippen LogP contribution < -0.4 is 5.73 Å². The quantitative estimate of drug-likeness (QED) is 0.378. The van der Waals surface area contributed by atoms with Gasteiger partial charge < -0.3 is 10.6 Å². The van der Waals surface area contributed by atoms with E-state index in [1.54, 1.807) is 19.1 Å². The van der Waals surface area contributed by atoms with Gasteiger partial charge in [-0.25, -0.2) is 0 Å². The van der Waals surface area contributed by atoms with Crippen LogP contribution in [0.4, 0.5) is 0 Å². The number of benzene rings is 1. The zero-order valence-electron chi connectivity index (χ0n) is 9.03. The van der Waals surface area contributed by atoms with Gasteiger partial charge in [0.1, 0.15) is 0 Å². The summed E-state index contributed by atoms with van der Waals surface area (Å²) in [6.45, 7) is 2.44. The highest BCUT2D eigenvalue weighted by Gasteiger charge is 1.87. The molecule has 0 saturated heterocycles. The van der Waals surface area contributed by atoms with E-state index in [0.717, 1.165) is 11.3 Å². The van der Waals surface area contributed by atoms with Crippen molar-refractivity contribution in [3.63, 3.8) is 0 Å². The van der Waals surface area contributed by atoms with Gasteiger partial charge in [-0.2, -0.15) is 0 Å². The first-order valence-electron chi connectivity index (χ1n) is 4.82. The Bertz CT molecular complexity index is 415. The van der Waals surface area contributed by atoms with Crippen molar-refractivity contribution in [3.05, 3.63) is 34.9 Å². The van der Waals surface area contributed by atoms with Crippen molar-refractivity contribution in [1.82, 2.24) is 0 Å².